The zero-order chi connectivity index (χ0) is 12.9. The molecule has 0 bridgehead atoms. The lowest BCUT2D eigenvalue weighted by molar-refractivity contribution is -0.144. The Morgan fingerprint density at radius 2 is 2.00 bits per heavy atom. The minimum absolute atomic E-state index is 0.0923. The zero-order valence-corrected chi connectivity index (χ0v) is 10.3. The van der Waals surface area contributed by atoms with Gasteiger partial charge in [0.25, 0.3) is 0 Å². The van der Waals surface area contributed by atoms with Crippen molar-refractivity contribution in [3.8, 4) is 0 Å². The smallest absolute Gasteiger partial charge is 0.329 e. The van der Waals surface area contributed by atoms with Crippen molar-refractivity contribution in [2.24, 2.45) is 0 Å². The molecule has 0 fully saturated rings. The molecule has 0 radical (unpaired) electrons. The summed E-state index contributed by atoms with van der Waals surface area (Å²) in [6, 6.07) is -0.313. The van der Waals surface area contributed by atoms with Crippen LogP contribution in [-0.4, -0.2) is 28.7 Å². The number of carbonyl (C=O) groups excluding carboxylic acids is 1. The van der Waals surface area contributed by atoms with Gasteiger partial charge in [0.1, 0.15) is 5.54 Å². The fraction of sp³-hybridized carbons (Fsp3) is 0.667. The van der Waals surface area contributed by atoms with E-state index < -0.39 is 17.5 Å². The van der Waals surface area contributed by atoms with Gasteiger partial charge in [0.05, 0.1) is 0 Å². The van der Waals surface area contributed by atoms with E-state index in [1.807, 2.05) is 19.1 Å². The summed E-state index contributed by atoms with van der Waals surface area (Å²) in [5, 5.41) is 14.4. The van der Waals surface area contributed by atoms with E-state index in [4.69, 9.17) is 5.11 Å². The Bertz CT molecular complexity index is 320. The van der Waals surface area contributed by atoms with Crippen molar-refractivity contribution >= 4 is 12.0 Å². The third-order valence-electron chi connectivity index (χ3n) is 2.95. The van der Waals surface area contributed by atoms with Gasteiger partial charge in [-0.2, -0.15) is 0 Å². The quantitative estimate of drug-likeness (QED) is 0.639. The summed E-state index contributed by atoms with van der Waals surface area (Å²) in [6.07, 6.45) is 6.75. The van der Waals surface area contributed by atoms with Crippen molar-refractivity contribution in [1.82, 2.24) is 10.6 Å². The molecule has 1 rings (SSSR count). The summed E-state index contributed by atoms with van der Waals surface area (Å²) >= 11 is 0. The average Bonchev–Trinajstić information content (AvgIpc) is 2.70. The van der Waals surface area contributed by atoms with Gasteiger partial charge < -0.3 is 15.7 Å². The van der Waals surface area contributed by atoms with Crippen LogP contribution in [0.5, 0.6) is 0 Å². The van der Waals surface area contributed by atoms with Crippen LogP contribution in [0.25, 0.3) is 0 Å². The predicted octanol–water partition coefficient (Wildman–Crippen LogP) is 1.65. The van der Waals surface area contributed by atoms with E-state index in [1.165, 1.54) is 6.92 Å². The first-order valence-corrected chi connectivity index (χ1v) is 5.95. The van der Waals surface area contributed by atoms with E-state index in [2.05, 4.69) is 10.6 Å². The first-order chi connectivity index (χ1) is 7.98. The number of carboxylic acid groups (broad SMARTS) is 1. The minimum atomic E-state index is -1.19. The second-order valence-corrected chi connectivity index (χ2v) is 4.63. The molecule has 1 unspecified atom stereocenters. The van der Waals surface area contributed by atoms with Crippen LogP contribution in [0.4, 0.5) is 4.79 Å². The second-order valence-electron chi connectivity index (χ2n) is 4.63. The highest BCUT2D eigenvalue weighted by molar-refractivity contribution is 5.85. The van der Waals surface area contributed by atoms with Crippen LogP contribution < -0.4 is 10.6 Å². The van der Waals surface area contributed by atoms with Gasteiger partial charge in [-0.15, -0.1) is 0 Å². The molecule has 0 heterocycles. The molecule has 1 aliphatic rings. The van der Waals surface area contributed by atoms with Crippen LogP contribution in [0.3, 0.4) is 0 Å². The Kier molecular flexibility index (Phi) is 4.54. The second kappa shape index (κ2) is 5.70. The lowest BCUT2D eigenvalue weighted by atomic mass is 9.96. The van der Waals surface area contributed by atoms with Crippen LogP contribution in [0, 0.1) is 0 Å². The van der Waals surface area contributed by atoms with Crippen molar-refractivity contribution < 1.29 is 14.7 Å². The number of hydrogen-bond donors (Lipinski definition) is 3. The van der Waals surface area contributed by atoms with Crippen molar-refractivity contribution in [1.29, 1.82) is 0 Å². The maximum absolute atomic E-state index is 11.7. The van der Waals surface area contributed by atoms with E-state index in [9.17, 15) is 9.59 Å². The standard InChI is InChI=1S/C12H20N2O3/c1-3-8-12(2,10(15)16)14-11(17)13-9-6-4-5-7-9/h4-5,9H,3,6-8H2,1-2H3,(H,15,16)(H2,13,14,17). The third-order valence-corrected chi connectivity index (χ3v) is 2.95. The largest absolute Gasteiger partial charge is 0.480 e. The van der Waals surface area contributed by atoms with E-state index >= 15 is 0 Å². The summed E-state index contributed by atoms with van der Waals surface area (Å²) in [5.41, 5.74) is -1.19. The predicted molar refractivity (Wildman–Crippen MR) is 64.8 cm³/mol. The number of carboxylic acids is 1. The number of carbonyl (C=O) groups is 2. The molecule has 0 spiro atoms. The van der Waals surface area contributed by atoms with Crippen LogP contribution in [-0.2, 0) is 4.79 Å². The van der Waals surface area contributed by atoms with Crippen LogP contribution in [0.2, 0.25) is 0 Å². The molecule has 1 atom stereocenters. The molecule has 1 aliphatic carbocycles. The Morgan fingerprint density at radius 3 is 2.47 bits per heavy atom. The number of rotatable bonds is 5. The molecule has 0 aromatic carbocycles. The molecule has 5 nitrogen and oxygen atoms in total. The Balaban J connectivity index is 2.49. The van der Waals surface area contributed by atoms with Gasteiger partial charge in [0.2, 0.25) is 0 Å². The molecule has 0 aromatic heterocycles. The van der Waals surface area contributed by atoms with E-state index in [0.717, 1.165) is 12.8 Å². The molecule has 17 heavy (non-hydrogen) atoms. The topological polar surface area (TPSA) is 78.4 Å². The van der Waals surface area contributed by atoms with E-state index in [0.29, 0.717) is 12.8 Å². The number of nitrogens with one attached hydrogen (secondary N) is 2. The minimum Gasteiger partial charge on any atom is -0.480 e. The molecular formula is C12H20N2O3. The van der Waals surface area contributed by atoms with E-state index in [1.54, 1.807) is 0 Å². The van der Waals surface area contributed by atoms with Gasteiger partial charge in [0.15, 0.2) is 0 Å². The molecule has 3 N–H and O–H groups in total. The lowest BCUT2D eigenvalue weighted by Gasteiger charge is -2.26. The molecule has 0 aliphatic heterocycles. The molecule has 96 valence electrons. The fourth-order valence-corrected chi connectivity index (χ4v) is 1.93. The van der Waals surface area contributed by atoms with Crippen molar-refractivity contribution in [2.75, 3.05) is 0 Å². The molecule has 0 aromatic rings. The van der Waals surface area contributed by atoms with Gasteiger partial charge in [-0.25, -0.2) is 9.59 Å². The van der Waals surface area contributed by atoms with Crippen molar-refractivity contribution in [2.45, 2.75) is 51.1 Å². The highest BCUT2D eigenvalue weighted by Gasteiger charge is 2.34. The number of amides is 2. The monoisotopic (exact) mass is 240 g/mol. The summed E-state index contributed by atoms with van der Waals surface area (Å²) in [5.74, 6) is -1.00. The Labute approximate surface area is 101 Å². The van der Waals surface area contributed by atoms with Crippen LogP contribution >= 0.6 is 0 Å². The third kappa shape index (κ3) is 3.76. The number of urea groups is 1. The van der Waals surface area contributed by atoms with Crippen LogP contribution in [0.1, 0.15) is 39.5 Å². The van der Waals surface area contributed by atoms with Gasteiger partial charge in [0, 0.05) is 6.04 Å². The lowest BCUT2D eigenvalue weighted by Crippen LogP contribution is -2.56. The molecule has 2 amide bonds. The first-order valence-electron chi connectivity index (χ1n) is 5.95. The van der Waals surface area contributed by atoms with Gasteiger partial charge in [-0.3, -0.25) is 0 Å². The molecule has 0 saturated carbocycles. The summed E-state index contributed by atoms with van der Waals surface area (Å²) < 4.78 is 0. The Hall–Kier alpha value is -1.52. The number of aliphatic carboxylic acids is 1. The SMILES string of the molecule is CCCC(C)(NC(=O)NC1CC=CC1)C(=O)O. The fourth-order valence-electron chi connectivity index (χ4n) is 1.93. The molecule has 5 heteroatoms. The van der Waals surface area contributed by atoms with Crippen molar-refractivity contribution in [3.63, 3.8) is 0 Å². The highest BCUT2D eigenvalue weighted by Crippen LogP contribution is 2.13. The average molecular weight is 240 g/mol. The van der Waals surface area contributed by atoms with Crippen LogP contribution in [0.15, 0.2) is 12.2 Å². The maximum atomic E-state index is 11.7. The maximum Gasteiger partial charge on any atom is 0.329 e. The van der Waals surface area contributed by atoms with Crippen molar-refractivity contribution in [3.05, 3.63) is 12.2 Å². The summed E-state index contributed by atoms with van der Waals surface area (Å²) in [6.45, 7) is 3.42. The van der Waals surface area contributed by atoms with Gasteiger partial charge in [-0.1, -0.05) is 25.5 Å². The normalized spacial score (nSPS) is 18.7. The summed E-state index contributed by atoms with van der Waals surface area (Å²) in [4.78, 5) is 22.8. The summed E-state index contributed by atoms with van der Waals surface area (Å²) in [7, 11) is 0. The zero-order valence-electron chi connectivity index (χ0n) is 10.3. The van der Waals surface area contributed by atoms with E-state index in [-0.39, 0.29) is 6.04 Å². The Morgan fingerprint density at radius 1 is 1.41 bits per heavy atom. The highest BCUT2D eigenvalue weighted by atomic mass is 16.4. The molecule has 0 saturated heterocycles. The van der Waals surface area contributed by atoms with Gasteiger partial charge >= 0.3 is 12.0 Å². The molecular weight excluding hydrogens is 220 g/mol. The van der Waals surface area contributed by atoms with Gasteiger partial charge in [-0.05, 0) is 26.2 Å². The number of hydrogen-bond acceptors (Lipinski definition) is 2. The first kappa shape index (κ1) is 13.5.